The van der Waals surface area contributed by atoms with Crippen molar-refractivity contribution in [2.75, 3.05) is 6.54 Å². The van der Waals surface area contributed by atoms with Gasteiger partial charge in [-0.1, -0.05) is 26.7 Å². The van der Waals surface area contributed by atoms with Crippen molar-refractivity contribution in [1.29, 1.82) is 0 Å². The summed E-state index contributed by atoms with van der Waals surface area (Å²) in [6, 6.07) is 0. The molecule has 0 saturated heterocycles. The van der Waals surface area contributed by atoms with Gasteiger partial charge in [0.1, 0.15) is 0 Å². The Kier molecular flexibility index (Phi) is 7.51. The molecule has 0 rings (SSSR count). The smallest absolute Gasteiger partial charge is 0.0171 e. The van der Waals surface area contributed by atoms with Crippen molar-refractivity contribution < 1.29 is 0 Å². The lowest BCUT2D eigenvalue weighted by Gasteiger charge is -1.84. The molecule has 1 nitrogen and oxygen atoms in total. The summed E-state index contributed by atoms with van der Waals surface area (Å²) in [6.45, 7) is 7.52. The van der Waals surface area contributed by atoms with Crippen LogP contribution in [-0.2, 0) is 0 Å². The first-order valence-corrected chi connectivity index (χ1v) is 1.81. The fourth-order valence-electron chi connectivity index (χ4n) is 0.0833. The Morgan fingerprint density at radius 1 is 1.71 bits per heavy atom. The van der Waals surface area contributed by atoms with Crippen LogP contribution >= 0.6 is 0 Å². The molecule has 0 atom stereocenters. The van der Waals surface area contributed by atoms with Crippen LogP contribution in [-0.4, -0.2) is 6.54 Å². The maximum absolute atomic E-state index is 5.11. The number of hydrogen-bond acceptors (Lipinski definition) is 1. The number of hydrogen-bond donors (Lipinski definition) is 1. The van der Waals surface area contributed by atoms with Crippen LogP contribution in [0.3, 0.4) is 0 Å². The molecule has 2 N–H and O–H groups in total. The molecule has 0 aliphatic carbocycles. The van der Waals surface area contributed by atoms with Crippen molar-refractivity contribution in [2.45, 2.75) is 7.43 Å². The summed E-state index contributed by atoms with van der Waals surface area (Å²) in [7, 11) is 0. The van der Waals surface area contributed by atoms with E-state index < -0.39 is 0 Å². The predicted molar refractivity (Wildman–Crippen MR) is 35.1 cm³/mol. The van der Waals surface area contributed by atoms with E-state index in [1.54, 1.807) is 6.08 Å². The lowest BCUT2D eigenvalue weighted by molar-refractivity contribution is 1.20. The second kappa shape index (κ2) is 5.44. The Labute approximate surface area is 45.5 Å². The fraction of sp³-hybridized carbons (Fsp3) is 0.333. The summed E-state index contributed by atoms with van der Waals surface area (Å²) in [6.07, 6.45) is 1.65. The van der Waals surface area contributed by atoms with Gasteiger partial charge in [0.25, 0.3) is 0 Å². The third-order valence-corrected chi connectivity index (χ3v) is 0.551. The van der Waals surface area contributed by atoms with Crippen LogP contribution in [0.1, 0.15) is 7.43 Å². The fourth-order valence-corrected chi connectivity index (χ4v) is 0.0833. The first kappa shape index (κ1) is 9.67. The van der Waals surface area contributed by atoms with Gasteiger partial charge in [-0.15, -0.1) is 0 Å². The Morgan fingerprint density at radius 3 is 2.14 bits per heavy atom. The molecule has 1 heteroatoms. The van der Waals surface area contributed by atoms with Gasteiger partial charge in [0.2, 0.25) is 0 Å². The molecule has 0 aliphatic heterocycles. The molecule has 0 aromatic heterocycles. The van der Waals surface area contributed by atoms with Gasteiger partial charge in [0, 0.05) is 6.54 Å². The lowest BCUT2D eigenvalue weighted by atomic mass is 10.3. The second-order valence-corrected chi connectivity index (χ2v) is 1.07. The van der Waals surface area contributed by atoms with Gasteiger partial charge in [-0.3, -0.25) is 0 Å². The normalized spacial score (nSPS) is 6.43. The van der Waals surface area contributed by atoms with Crippen LogP contribution in [0.15, 0.2) is 24.8 Å². The van der Waals surface area contributed by atoms with E-state index in [-0.39, 0.29) is 7.43 Å². The molecule has 0 amide bonds. The summed E-state index contributed by atoms with van der Waals surface area (Å²) in [4.78, 5) is 0. The minimum Gasteiger partial charge on any atom is -0.327 e. The predicted octanol–water partition coefficient (Wildman–Crippen LogP) is 1.32. The highest BCUT2D eigenvalue weighted by molar-refractivity contribution is 5.11. The van der Waals surface area contributed by atoms with E-state index in [1.165, 1.54) is 0 Å². The third-order valence-electron chi connectivity index (χ3n) is 0.551. The van der Waals surface area contributed by atoms with Gasteiger partial charge in [0.15, 0.2) is 0 Å². The molecule has 0 fully saturated rings. The molecule has 0 radical (unpaired) electrons. The van der Waals surface area contributed by atoms with Gasteiger partial charge < -0.3 is 5.73 Å². The van der Waals surface area contributed by atoms with Gasteiger partial charge >= 0.3 is 0 Å². The van der Waals surface area contributed by atoms with Gasteiger partial charge in [-0.2, -0.15) is 0 Å². The zero-order valence-corrected chi connectivity index (χ0v) is 3.78. The lowest BCUT2D eigenvalue weighted by Crippen LogP contribution is -1.98. The zero-order chi connectivity index (χ0) is 4.99. The highest BCUT2D eigenvalue weighted by Gasteiger charge is 1.72. The zero-order valence-electron chi connectivity index (χ0n) is 3.78. The van der Waals surface area contributed by atoms with Gasteiger partial charge in [0.05, 0.1) is 0 Å². The molecule has 0 unspecified atom stereocenters. The van der Waals surface area contributed by atoms with E-state index in [1.807, 2.05) is 0 Å². The Bertz CT molecular complexity index is 64.6. The van der Waals surface area contributed by atoms with Crippen molar-refractivity contribution in [3.05, 3.63) is 24.8 Å². The summed E-state index contributed by atoms with van der Waals surface area (Å²) in [5, 5.41) is 0. The summed E-state index contributed by atoms with van der Waals surface area (Å²) in [5.74, 6) is 0. The number of rotatable bonds is 2. The first-order chi connectivity index (χ1) is 2.81. The topological polar surface area (TPSA) is 26.0 Å². The molecule has 0 heterocycles. The maximum Gasteiger partial charge on any atom is 0.0171 e. The summed E-state index contributed by atoms with van der Waals surface area (Å²) in [5.41, 5.74) is 6.00. The van der Waals surface area contributed by atoms with Crippen molar-refractivity contribution in [2.24, 2.45) is 5.73 Å². The van der Waals surface area contributed by atoms with Crippen LogP contribution in [0, 0.1) is 0 Å². The molecule has 0 aromatic carbocycles. The minimum atomic E-state index is 0. The standard InChI is InChI=1S/C5H9N.CH4/c1-3-5(2)4-6;/h3H,1-2,4,6H2;1H4. The second-order valence-electron chi connectivity index (χ2n) is 1.07. The quantitative estimate of drug-likeness (QED) is 0.519. The van der Waals surface area contributed by atoms with Crippen LogP contribution in [0.4, 0.5) is 0 Å². The van der Waals surface area contributed by atoms with E-state index >= 15 is 0 Å². The van der Waals surface area contributed by atoms with Crippen LogP contribution in [0.25, 0.3) is 0 Å². The maximum atomic E-state index is 5.11. The average molecular weight is 99.2 g/mol. The van der Waals surface area contributed by atoms with Gasteiger partial charge in [-0.05, 0) is 5.57 Å². The highest BCUT2D eigenvalue weighted by atomic mass is 14.5. The Balaban J connectivity index is 0. The van der Waals surface area contributed by atoms with Gasteiger partial charge in [-0.25, -0.2) is 0 Å². The van der Waals surface area contributed by atoms with Crippen LogP contribution < -0.4 is 5.73 Å². The molecule has 0 spiro atoms. The van der Waals surface area contributed by atoms with Crippen LogP contribution in [0.2, 0.25) is 0 Å². The van der Waals surface area contributed by atoms with E-state index in [0.29, 0.717) is 6.54 Å². The molecule has 0 saturated carbocycles. The van der Waals surface area contributed by atoms with E-state index in [0.717, 1.165) is 5.57 Å². The summed E-state index contributed by atoms with van der Waals surface area (Å²) >= 11 is 0. The Morgan fingerprint density at radius 2 is 2.14 bits per heavy atom. The SMILES string of the molecule is C.C=CC(=C)CN. The molecule has 0 bridgehead atoms. The Hall–Kier alpha value is -0.560. The minimum absolute atomic E-state index is 0. The average Bonchev–Trinajstić information content (AvgIpc) is 1.65. The third kappa shape index (κ3) is 5.44. The molecule has 0 aromatic rings. The molecule has 42 valence electrons. The van der Waals surface area contributed by atoms with E-state index in [9.17, 15) is 0 Å². The highest BCUT2D eigenvalue weighted by Crippen LogP contribution is 1.81. The van der Waals surface area contributed by atoms with Crippen molar-refractivity contribution in [3.63, 3.8) is 0 Å². The monoisotopic (exact) mass is 99.1 g/mol. The van der Waals surface area contributed by atoms with Crippen LogP contribution in [0.5, 0.6) is 0 Å². The molecule has 7 heavy (non-hydrogen) atoms. The van der Waals surface area contributed by atoms with E-state index in [2.05, 4.69) is 13.2 Å². The number of nitrogens with two attached hydrogens (primary N) is 1. The van der Waals surface area contributed by atoms with Crippen molar-refractivity contribution >= 4 is 0 Å². The molecule has 0 aliphatic rings. The molecular weight excluding hydrogens is 86.1 g/mol. The van der Waals surface area contributed by atoms with Crippen molar-refractivity contribution in [3.8, 4) is 0 Å². The van der Waals surface area contributed by atoms with Crippen molar-refractivity contribution in [1.82, 2.24) is 0 Å². The summed E-state index contributed by atoms with van der Waals surface area (Å²) < 4.78 is 0. The molecular formula is C6H13N. The first-order valence-electron chi connectivity index (χ1n) is 1.81. The van der Waals surface area contributed by atoms with E-state index in [4.69, 9.17) is 5.73 Å². The largest absolute Gasteiger partial charge is 0.327 e.